The second kappa shape index (κ2) is 5.84. The first-order valence-electron chi connectivity index (χ1n) is 8.10. The number of halogens is 3. The molecule has 0 amide bonds. The monoisotopic (exact) mass is 290 g/mol. The maximum atomic E-state index is 12.7. The van der Waals surface area contributed by atoms with E-state index in [2.05, 4.69) is 10.2 Å². The zero-order chi connectivity index (χ0) is 14.2. The van der Waals surface area contributed by atoms with Gasteiger partial charge in [-0.05, 0) is 57.9 Å². The number of hydrogen-bond acceptors (Lipinski definition) is 2. The maximum absolute atomic E-state index is 12.7. The van der Waals surface area contributed by atoms with E-state index in [-0.39, 0.29) is 0 Å². The molecule has 116 valence electrons. The Morgan fingerprint density at radius 2 is 1.50 bits per heavy atom. The average Bonchev–Trinajstić information content (AvgIpc) is 3.12. The van der Waals surface area contributed by atoms with Crippen molar-refractivity contribution in [3.05, 3.63) is 0 Å². The molecule has 0 aromatic carbocycles. The van der Waals surface area contributed by atoms with E-state index in [0.717, 1.165) is 25.9 Å². The van der Waals surface area contributed by atoms with Crippen molar-refractivity contribution in [2.45, 2.75) is 75.7 Å². The van der Waals surface area contributed by atoms with E-state index >= 15 is 0 Å². The Kier molecular flexibility index (Phi) is 4.27. The van der Waals surface area contributed by atoms with E-state index in [1.165, 1.54) is 25.7 Å². The van der Waals surface area contributed by atoms with E-state index < -0.39 is 12.1 Å². The maximum Gasteiger partial charge on any atom is 0.391 e. The van der Waals surface area contributed by atoms with Crippen LogP contribution in [0.5, 0.6) is 0 Å². The zero-order valence-corrected chi connectivity index (χ0v) is 12.0. The molecular weight excluding hydrogens is 265 g/mol. The summed E-state index contributed by atoms with van der Waals surface area (Å²) in [6.07, 6.45) is 3.08. The lowest BCUT2D eigenvalue weighted by molar-refractivity contribution is -0.184. The molecule has 1 heterocycles. The Hall–Kier alpha value is -0.290. The van der Waals surface area contributed by atoms with Crippen molar-refractivity contribution in [1.82, 2.24) is 10.2 Å². The van der Waals surface area contributed by atoms with Crippen molar-refractivity contribution in [1.29, 1.82) is 0 Å². The molecule has 3 fully saturated rings. The highest BCUT2D eigenvalue weighted by atomic mass is 19.4. The summed E-state index contributed by atoms with van der Waals surface area (Å²) in [6.45, 7) is 2.15. The Labute approximate surface area is 119 Å². The highest BCUT2D eigenvalue weighted by Crippen LogP contribution is 2.41. The van der Waals surface area contributed by atoms with Crippen LogP contribution in [-0.2, 0) is 0 Å². The van der Waals surface area contributed by atoms with Crippen molar-refractivity contribution < 1.29 is 13.2 Å². The van der Waals surface area contributed by atoms with Crippen LogP contribution in [0.15, 0.2) is 0 Å². The molecular formula is C15H25F3N2. The molecule has 1 aliphatic heterocycles. The minimum absolute atomic E-state index is 0.329. The fourth-order valence-corrected chi connectivity index (χ4v) is 3.90. The molecule has 1 saturated heterocycles. The summed E-state index contributed by atoms with van der Waals surface area (Å²) in [6, 6.07) is 1.62. The molecule has 0 radical (unpaired) electrons. The predicted molar refractivity (Wildman–Crippen MR) is 72.6 cm³/mol. The molecule has 1 atom stereocenters. The number of rotatable bonds is 4. The highest BCUT2D eigenvalue weighted by Gasteiger charge is 2.44. The SMILES string of the molecule is FC(F)(F)C1CCC(N(CC2CCCN2)C2CC2)CC1. The van der Waals surface area contributed by atoms with Gasteiger partial charge in [-0.3, -0.25) is 4.90 Å². The van der Waals surface area contributed by atoms with Crippen LogP contribution in [0.25, 0.3) is 0 Å². The summed E-state index contributed by atoms with van der Waals surface area (Å²) in [5, 5.41) is 3.52. The molecule has 1 N–H and O–H groups in total. The van der Waals surface area contributed by atoms with Gasteiger partial charge in [0.15, 0.2) is 0 Å². The van der Waals surface area contributed by atoms with Gasteiger partial charge in [0.05, 0.1) is 5.92 Å². The summed E-state index contributed by atoms with van der Waals surface area (Å²) < 4.78 is 38.2. The summed E-state index contributed by atoms with van der Waals surface area (Å²) in [4.78, 5) is 2.54. The lowest BCUT2D eigenvalue weighted by Gasteiger charge is -2.38. The second-order valence-electron chi connectivity index (χ2n) is 6.77. The van der Waals surface area contributed by atoms with Gasteiger partial charge >= 0.3 is 6.18 Å². The first kappa shape index (κ1) is 14.6. The van der Waals surface area contributed by atoms with E-state index in [1.807, 2.05) is 0 Å². The zero-order valence-electron chi connectivity index (χ0n) is 12.0. The van der Waals surface area contributed by atoms with Crippen LogP contribution in [0.2, 0.25) is 0 Å². The molecule has 3 rings (SSSR count). The fourth-order valence-electron chi connectivity index (χ4n) is 3.90. The number of nitrogens with one attached hydrogen (secondary N) is 1. The van der Waals surface area contributed by atoms with Crippen molar-refractivity contribution in [2.24, 2.45) is 5.92 Å². The van der Waals surface area contributed by atoms with Crippen LogP contribution < -0.4 is 5.32 Å². The molecule has 1 unspecified atom stereocenters. The molecule has 20 heavy (non-hydrogen) atoms. The number of alkyl halides is 3. The Morgan fingerprint density at radius 3 is 1.95 bits per heavy atom. The van der Waals surface area contributed by atoms with E-state index in [9.17, 15) is 13.2 Å². The van der Waals surface area contributed by atoms with Crippen LogP contribution in [-0.4, -0.2) is 42.3 Å². The lowest BCUT2D eigenvalue weighted by atomic mass is 9.84. The van der Waals surface area contributed by atoms with Crippen molar-refractivity contribution in [2.75, 3.05) is 13.1 Å². The lowest BCUT2D eigenvalue weighted by Crippen LogP contribution is -2.46. The average molecular weight is 290 g/mol. The molecule has 5 heteroatoms. The summed E-state index contributed by atoms with van der Waals surface area (Å²) in [7, 11) is 0. The molecule has 0 spiro atoms. The van der Waals surface area contributed by atoms with Crippen molar-refractivity contribution >= 4 is 0 Å². The molecule has 2 saturated carbocycles. The molecule has 3 aliphatic rings. The van der Waals surface area contributed by atoms with Crippen LogP contribution in [0, 0.1) is 5.92 Å². The van der Waals surface area contributed by atoms with Gasteiger partial charge < -0.3 is 5.32 Å². The van der Waals surface area contributed by atoms with Crippen LogP contribution in [0.3, 0.4) is 0 Å². The van der Waals surface area contributed by atoms with Gasteiger partial charge in [-0.25, -0.2) is 0 Å². The van der Waals surface area contributed by atoms with Crippen LogP contribution in [0.4, 0.5) is 13.2 Å². The van der Waals surface area contributed by atoms with Gasteiger partial charge in [0.2, 0.25) is 0 Å². The molecule has 2 nitrogen and oxygen atoms in total. The van der Waals surface area contributed by atoms with Gasteiger partial charge in [0.1, 0.15) is 0 Å². The minimum Gasteiger partial charge on any atom is -0.313 e. The number of nitrogens with zero attached hydrogens (tertiary/aromatic N) is 1. The predicted octanol–water partition coefficient (Wildman–Crippen LogP) is 3.32. The van der Waals surface area contributed by atoms with Crippen molar-refractivity contribution in [3.63, 3.8) is 0 Å². The molecule has 2 aliphatic carbocycles. The van der Waals surface area contributed by atoms with Gasteiger partial charge in [0.25, 0.3) is 0 Å². The molecule has 0 aromatic heterocycles. The summed E-state index contributed by atoms with van der Waals surface area (Å²) in [5.74, 6) is -1.05. The van der Waals surface area contributed by atoms with Gasteiger partial charge in [0, 0.05) is 24.7 Å². The third kappa shape index (κ3) is 3.48. The molecule has 0 bridgehead atoms. The van der Waals surface area contributed by atoms with Gasteiger partial charge in [-0.2, -0.15) is 13.2 Å². The fraction of sp³-hybridized carbons (Fsp3) is 1.00. The summed E-state index contributed by atoms with van der Waals surface area (Å²) in [5.41, 5.74) is 0. The van der Waals surface area contributed by atoms with E-state index in [1.54, 1.807) is 0 Å². The van der Waals surface area contributed by atoms with Gasteiger partial charge in [-0.1, -0.05) is 0 Å². The second-order valence-corrected chi connectivity index (χ2v) is 6.77. The number of hydrogen-bond donors (Lipinski definition) is 1. The Bertz CT molecular complexity index is 314. The van der Waals surface area contributed by atoms with Crippen LogP contribution in [0.1, 0.15) is 51.4 Å². The van der Waals surface area contributed by atoms with Crippen LogP contribution >= 0.6 is 0 Å². The minimum atomic E-state index is -3.98. The third-order valence-electron chi connectivity index (χ3n) is 5.24. The van der Waals surface area contributed by atoms with E-state index in [0.29, 0.717) is 31.0 Å². The Balaban J connectivity index is 1.53. The highest BCUT2D eigenvalue weighted by molar-refractivity contribution is 4.94. The Morgan fingerprint density at radius 1 is 0.900 bits per heavy atom. The largest absolute Gasteiger partial charge is 0.391 e. The topological polar surface area (TPSA) is 15.3 Å². The van der Waals surface area contributed by atoms with Gasteiger partial charge in [-0.15, -0.1) is 0 Å². The first-order chi connectivity index (χ1) is 9.54. The third-order valence-corrected chi connectivity index (χ3v) is 5.24. The summed E-state index contributed by atoms with van der Waals surface area (Å²) >= 11 is 0. The first-order valence-corrected chi connectivity index (χ1v) is 8.10. The molecule has 0 aromatic rings. The van der Waals surface area contributed by atoms with E-state index in [4.69, 9.17) is 0 Å². The smallest absolute Gasteiger partial charge is 0.313 e. The van der Waals surface area contributed by atoms with Crippen molar-refractivity contribution in [3.8, 4) is 0 Å². The normalized spacial score (nSPS) is 35.7. The standard InChI is InChI=1S/C15H25F3N2/c16-15(17,18)11-3-5-13(6-4-11)20(14-7-8-14)10-12-2-1-9-19-12/h11-14,19H,1-10H2. The quantitative estimate of drug-likeness (QED) is 0.854.